The summed E-state index contributed by atoms with van der Waals surface area (Å²) in [7, 11) is 3.10. The van der Waals surface area contributed by atoms with Gasteiger partial charge >= 0.3 is 5.97 Å². The summed E-state index contributed by atoms with van der Waals surface area (Å²) in [6.07, 6.45) is 1.41. The summed E-state index contributed by atoms with van der Waals surface area (Å²) in [6.45, 7) is 1.90. The van der Waals surface area contributed by atoms with Gasteiger partial charge in [-0.1, -0.05) is 12.1 Å². The number of hydroxylamine groups is 1. The smallest absolute Gasteiger partial charge is 0.350 e. The standard InChI is InChI=1S/C18H18N4O3/c1-11-5-4-6-15(20-11)14(10-17(23)25-19-2)12-7-8-13-16(9-12)21-22-18(13)24-3/h4-10,19H,1-3H3,(H,21,22). The van der Waals surface area contributed by atoms with Crippen LogP contribution in [0.5, 0.6) is 5.88 Å². The van der Waals surface area contributed by atoms with Gasteiger partial charge < -0.3 is 9.57 Å². The summed E-state index contributed by atoms with van der Waals surface area (Å²) in [6, 6.07) is 11.3. The van der Waals surface area contributed by atoms with Gasteiger partial charge in [-0.3, -0.25) is 10.1 Å². The fourth-order valence-corrected chi connectivity index (χ4v) is 2.56. The first-order chi connectivity index (χ1) is 12.1. The predicted molar refractivity (Wildman–Crippen MR) is 93.9 cm³/mol. The van der Waals surface area contributed by atoms with Gasteiger partial charge in [0.2, 0.25) is 5.88 Å². The minimum Gasteiger partial charge on any atom is -0.480 e. The van der Waals surface area contributed by atoms with Gasteiger partial charge in [0.25, 0.3) is 0 Å². The molecular formula is C18H18N4O3. The number of pyridine rings is 1. The highest BCUT2D eigenvalue weighted by atomic mass is 16.7. The lowest BCUT2D eigenvalue weighted by atomic mass is 10.00. The van der Waals surface area contributed by atoms with E-state index in [4.69, 9.17) is 9.57 Å². The number of methoxy groups -OCH3 is 1. The second-order valence-electron chi connectivity index (χ2n) is 5.34. The van der Waals surface area contributed by atoms with Crippen LogP contribution >= 0.6 is 0 Å². The Hall–Kier alpha value is -3.19. The largest absolute Gasteiger partial charge is 0.480 e. The number of H-pyrrole nitrogens is 1. The average molecular weight is 338 g/mol. The van der Waals surface area contributed by atoms with Crippen molar-refractivity contribution >= 4 is 22.4 Å². The third kappa shape index (κ3) is 3.51. The quantitative estimate of drug-likeness (QED) is 0.548. The number of aromatic amines is 1. The lowest BCUT2D eigenvalue weighted by Gasteiger charge is -2.09. The van der Waals surface area contributed by atoms with Gasteiger partial charge in [0.1, 0.15) is 0 Å². The molecule has 0 fully saturated rings. The van der Waals surface area contributed by atoms with Crippen LogP contribution in [-0.2, 0) is 9.63 Å². The van der Waals surface area contributed by atoms with Crippen LogP contribution in [0.15, 0.2) is 42.5 Å². The number of nitrogens with zero attached hydrogens (tertiary/aromatic N) is 2. The summed E-state index contributed by atoms with van der Waals surface area (Å²) in [5, 5.41) is 7.89. The van der Waals surface area contributed by atoms with Gasteiger partial charge in [0, 0.05) is 24.4 Å². The Balaban J connectivity index is 2.12. The molecule has 3 aromatic rings. The summed E-state index contributed by atoms with van der Waals surface area (Å²) in [5.41, 5.74) is 6.18. The zero-order valence-corrected chi connectivity index (χ0v) is 14.2. The molecule has 1 aromatic carbocycles. The van der Waals surface area contributed by atoms with Crippen LogP contribution < -0.4 is 10.2 Å². The van der Waals surface area contributed by atoms with Crippen molar-refractivity contribution in [2.75, 3.05) is 14.2 Å². The number of hydrogen-bond donors (Lipinski definition) is 2. The molecule has 0 saturated heterocycles. The zero-order chi connectivity index (χ0) is 17.8. The van der Waals surface area contributed by atoms with E-state index in [9.17, 15) is 4.79 Å². The van der Waals surface area contributed by atoms with Crippen molar-refractivity contribution < 1.29 is 14.4 Å². The number of nitrogens with one attached hydrogen (secondary N) is 2. The highest BCUT2D eigenvalue weighted by Crippen LogP contribution is 2.28. The van der Waals surface area contributed by atoms with E-state index in [0.29, 0.717) is 17.1 Å². The molecule has 0 radical (unpaired) electrons. The van der Waals surface area contributed by atoms with E-state index in [1.807, 2.05) is 43.3 Å². The second kappa shape index (κ2) is 7.14. The number of ether oxygens (including phenoxy) is 1. The van der Waals surface area contributed by atoms with Crippen LogP contribution in [0, 0.1) is 6.92 Å². The first kappa shape index (κ1) is 16.7. The molecule has 2 N–H and O–H groups in total. The summed E-state index contributed by atoms with van der Waals surface area (Å²) >= 11 is 0. The first-order valence-electron chi connectivity index (χ1n) is 7.68. The molecule has 0 amide bonds. The molecule has 0 bridgehead atoms. The van der Waals surface area contributed by atoms with E-state index in [1.54, 1.807) is 7.11 Å². The molecule has 0 aliphatic heterocycles. The third-order valence-corrected chi connectivity index (χ3v) is 3.66. The van der Waals surface area contributed by atoms with Crippen molar-refractivity contribution in [1.29, 1.82) is 0 Å². The summed E-state index contributed by atoms with van der Waals surface area (Å²) in [4.78, 5) is 21.3. The minimum absolute atomic E-state index is 0.511. The molecule has 0 atom stereocenters. The van der Waals surface area contributed by atoms with Gasteiger partial charge in [0.15, 0.2) is 0 Å². The highest BCUT2D eigenvalue weighted by molar-refractivity contribution is 5.97. The number of hydrogen-bond acceptors (Lipinski definition) is 6. The number of carbonyl (C=O) groups excluding carboxylic acids is 1. The SMILES string of the molecule is CNOC(=O)C=C(c1ccc2c(OC)n[nH]c2c1)c1cccc(C)n1. The molecule has 0 saturated carbocycles. The molecule has 0 aliphatic carbocycles. The van der Waals surface area contributed by atoms with Crippen molar-refractivity contribution in [1.82, 2.24) is 20.7 Å². The van der Waals surface area contributed by atoms with E-state index in [0.717, 1.165) is 22.2 Å². The van der Waals surface area contributed by atoms with Gasteiger partial charge in [0.05, 0.1) is 23.7 Å². The Labute approximate surface area is 144 Å². The van der Waals surface area contributed by atoms with E-state index in [1.165, 1.54) is 13.1 Å². The first-order valence-corrected chi connectivity index (χ1v) is 7.68. The van der Waals surface area contributed by atoms with E-state index in [2.05, 4.69) is 20.7 Å². The summed E-state index contributed by atoms with van der Waals surface area (Å²) < 4.78 is 5.21. The maximum Gasteiger partial charge on any atom is 0.350 e. The van der Waals surface area contributed by atoms with Crippen molar-refractivity contribution in [3.63, 3.8) is 0 Å². The Morgan fingerprint density at radius 1 is 1.28 bits per heavy atom. The summed E-state index contributed by atoms with van der Waals surface area (Å²) in [5.74, 6) is 0.0125. The van der Waals surface area contributed by atoms with Crippen molar-refractivity contribution in [2.45, 2.75) is 6.92 Å². The van der Waals surface area contributed by atoms with Crippen LogP contribution in [0.25, 0.3) is 16.5 Å². The average Bonchev–Trinajstić information content (AvgIpc) is 3.02. The minimum atomic E-state index is -0.511. The third-order valence-electron chi connectivity index (χ3n) is 3.66. The monoisotopic (exact) mass is 338 g/mol. The number of benzene rings is 1. The Morgan fingerprint density at radius 3 is 2.84 bits per heavy atom. The molecule has 25 heavy (non-hydrogen) atoms. The van der Waals surface area contributed by atoms with Crippen molar-refractivity contribution in [3.8, 4) is 5.88 Å². The van der Waals surface area contributed by atoms with E-state index < -0.39 is 5.97 Å². The molecular weight excluding hydrogens is 320 g/mol. The van der Waals surface area contributed by atoms with Gasteiger partial charge in [-0.25, -0.2) is 4.79 Å². The maximum absolute atomic E-state index is 12.0. The van der Waals surface area contributed by atoms with Crippen LogP contribution in [0.1, 0.15) is 17.0 Å². The Bertz CT molecular complexity index is 946. The number of rotatable bonds is 5. The van der Waals surface area contributed by atoms with Gasteiger partial charge in [-0.2, -0.15) is 5.48 Å². The fraction of sp³-hybridized carbons (Fsp3) is 0.167. The molecule has 7 heteroatoms. The molecule has 128 valence electrons. The molecule has 2 aromatic heterocycles. The molecule has 3 rings (SSSR count). The molecule has 0 aliphatic rings. The topological polar surface area (TPSA) is 89.1 Å². The fourth-order valence-electron chi connectivity index (χ4n) is 2.56. The van der Waals surface area contributed by atoms with E-state index >= 15 is 0 Å². The lowest BCUT2D eigenvalue weighted by molar-refractivity contribution is -0.143. The highest BCUT2D eigenvalue weighted by Gasteiger charge is 2.13. The number of fused-ring (bicyclic) bond motifs is 1. The van der Waals surface area contributed by atoms with Gasteiger partial charge in [-0.15, -0.1) is 5.10 Å². The molecule has 0 spiro atoms. The van der Waals surface area contributed by atoms with Crippen LogP contribution in [0.3, 0.4) is 0 Å². The van der Waals surface area contributed by atoms with Gasteiger partial charge in [-0.05, 0) is 36.8 Å². The zero-order valence-electron chi connectivity index (χ0n) is 14.2. The Morgan fingerprint density at radius 2 is 2.12 bits per heavy atom. The Kier molecular flexibility index (Phi) is 4.76. The molecule has 7 nitrogen and oxygen atoms in total. The lowest BCUT2D eigenvalue weighted by Crippen LogP contribution is -2.13. The van der Waals surface area contributed by atoms with Crippen molar-refractivity contribution in [2.24, 2.45) is 0 Å². The normalized spacial score (nSPS) is 11.6. The molecule has 2 heterocycles. The van der Waals surface area contributed by atoms with E-state index in [-0.39, 0.29) is 0 Å². The van der Waals surface area contributed by atoms with Crippen LogP contribution in [0.2, 0.25) is 0 Å². The number of aromatic nitrogens is 3. The number of carbonyl (C=O) groups is 1. The van der Waals surface area contributed by atoms with Crippen LogP contribution in [-0.4, -0.2) is 35.3 Å². The predicted octanol–water partition coefficient (Wildman–Crippen LogP) is 2.38. The second-order valence-corrected chi connectivity index (χ2v) is 5.34. The number of aryl methyl sites for hydroxylation is 1. The maximum atomic E-state index is 12.0. The molecule has 0 unspecified atom stereocenters. The van der Waals surface area contributed by atoms with Crippen LogP contribution in [0.4, 0.5) is 0 Å². The van der Waals surface area contributed by atoms with Crippen molar-refractivity contribution in [3.05, 3.63) is 59.4 Å².